The molecule has 0 atom stereocenters. The predicted molar refractivity (Wildman–Crippen MR) is 101 cm³/mol. The summed E-state index contributed by atoms with van der Waals surface area (Å²) in [5.41, 5.74) is 2.48. The fourth-order valence-electron chi connectivity index (χ4n) is 2.26. The Hall–Kier alpha value is -3.15. The van der Waals surface area contributed by atoms with E-state index in [-0.39, 0.29) is 6.54 Å². The van der Waals surface area contributed by atoms with Crippen molar-refractivity contribution in [3.63, 3.8) is 0 Å². The molecule has 0 unspecified atom stereocenters. The van der Waals surface area contributed by atoms with Crippen LogP contribution in [0.1, 0.15) is 30.1 Å². The van der Waals surface area contributed by atoms with Crippen LogP contribution < -0.4 is 5.32 Å². The Morgan fingerprint density at radius 1 is 0.852 bits per heavy atom. The summed E-state index contributed by atoms with van der Waals surface area (Å²) in [7, 11) is 0. The normalized spacial score (nSPS) is 10.1. The Morgan fingerprint density at radius 3 is 2.19 bits per heavy atom. The van der Waals surface area contributed by atoms with Gasteiger partial charge in [0.25, 0.3) is 5.91 Å². The number of benzene rings is 2. The Balaban J connectivity index is 1.75. The van der Waals surface area contributed by atoms with Gasteiger partial charge in [-0.05, 0) is 29.7 Å². The smallest absolute Gasteiger partial charge is 0.344 e. The monoisotopic (exact) mass is 369 g/mol. The zero-order valence-electron chi connectivity index (χ0n) is 15.3. The minimum absolute atomic E-state index is 0.308. The van der Waals surface area contributed by atoms with E-state index in [1.807, 2.05) is 49.4 Å². The molecule has 27 heavy (non-hydrogen) atoms. The van der Waals surface area contributed by atoms with Crippen LogP contribution >= 0.6 is 0 Å². The van der Waals surface area contributed by atoms with Crippen molar-refractivity contribution >= 4 is 17.8 Å². The number of nitrogens with one attached hydrogen (secondary N) is 1. The van der Waals surface area contributed by atoms with Crippen LogP contribution in [0.15, 0.2) is 54.6 Å². The second kappa shape index (κ2) is 10.8. The Labute approximate surface area is 158 Å². The van der Waals surface area contributed by atoms with E-state index in [4.69, 9.17) is 9.47 Å². The quantitative estimate of drug-likeness (QED) is 0.543. The fraction of sp³-hybridized carbons (Fsp3) is 0.286. The summed E-state index contributed by atoms with van der Waals surface area (Å²) < 4.78 is 9.64. The first-order valence-electron chi connectivity index (χ1n) is 8.85. The minimum atomic E-state index is -0.698. The van der Waals surface area contributed by atoms with Gasteiger partial charge in [0, 0.05) is 5.56 Å². The molecule has 0 saturated carbocycles. The molecule has 142 valence electrons. The maximum absolute atomic E-state index is 12.1. The Kier molecular flexibility index (Phi) is 8.03. The van der Waals surface area contributed by atoms with E-state index in [2.05, 4.69) is 5.32 Å². The van der Waals surface area contributed by atoms with Gasteiger partial charge in [0.1, 0.15) is 6.54 Å². The summed E-state index contributed by atoms with van der Waals surface area (Å²) in [6.07, 6.45) is 1.67. The molecule has 2 aromatic rings. The topological polar surface area (TPSA) is 81.7 Å². The van der Waals surface area contributed by atoms with Gasteiger partial charge >= 0.3 is 11.9 Å². The summed E-state index contributed by atoms with van der Waals surface area (Å²) in [6, 6.07) is 16.9. The first-order valence-corrected chi connectivity index (χ1v) is 8.85. The Bertz CT molecular complexity index is 756. The average molecular weight is 369 g/mol. The molecule has 2 rings (SSSR count). The van der Waals surface area contributed by atoms with E-state index >= 15 is 0 Å². The zero-order chi connectivity index (χ0) is 19.5. The van der Waals surface area contributed by atoms with Gasteiger partial charge in [-0.25, -0.2) is 4.79 Å². The average Bonchev–Trinajstić information content (AvgIpc) is 2.71. The molecule has 0 fully saturated rings. The number of esters is 2. The lowest BCUT2D eigenvalue weighted by atomic mass is 10.0. The summed E-state index contributed by atoms with van der Waals surface area (Å²) >= 11 is 0. The van der Waals surface area contributed by atoms with E-state index in [1.54, 1.807) is 12.1 Å². The molecule has 6 nitrogen and oxygen atoms in total. The lowest BCUT2D eigenvalue weighted by molar-refractivity contribution is -0.158. The second-order valence-corrected chi connectivity index (χ2v) is 5.86. The predicted octanol–water partition coefficient (Wildman–Crippen LogP) is 2.97. The first kappa shape index (κ1) is 20.2. The second-order valence-electron chi connectivity index (χ2n) is 5.86. The molecule has 0 aromatic heterocycles. The van der Waals surface area contributed by atoms with Crippen LogP contribution in [0.5, 0.6) is 0 Å². The molecule has 0 aliphatic carbocycles. The number of unbranched alkanes of at least 4 members (excludes halogenated alkanes) is 1. The van der Waals surface area contributed by atoms with Gasteiger partial charge in [0.05, 0.1) is 6.61 Å². The molecular weight excluding hydrogens is 346 g/mol. The number of carbonyl (C=O) groups excluding carboxylic acids is 3. The molecule has 0 bridgehead atoms. The lowest BCUT2D eigenvalue weighted by Crippen LogP contribution is -2.31. The van der Waals surface area contributed by atoms with Crippen molar-refractivity contribution in [1.82, 2.24) is 5.32 Å². The van der Waals surface area contributed by atoms with Gasteiger partial charge in [-0.2, -0.15) is 0 Å². The van der Waals surface area contributed by atoms with Crippen LogP contribution in [-0.4, -0.2) is 37.6 Å². The highest BCUT2D eigenvalue weighted by molar-refractivity contribution is 5.96. The van der Waals surface area contributed by atoms with Crippen molar-refractivity contribution < 1.29 is 23.9 Å². The highest BCUT2D eigenvalue weighted by atomic mass is 16.6. The highest BCUT2D eigenvalue weighted by Crippen LogP contribution is 2.19. The van der Waals surface area contributed by atoms with Crippen LogP contribution in [0.3, 0.4) is 0 Å². The van der Waals surface area contributed by atoms with E-state index in [9.17, 15) is 14.4 Å². The van der Waals surface area contributed by atoms with Crippen LogP contribution in [0, 0.1) is 0 Å². The molecule has 1 amide bonds. The maximum atomic E-state index is 12.1. The van der Waals surface area contributed by atoms with Gasteiger partial charge < -0.3 is 14.8 Å². The SMILES string of the molecule is CCCCOC(=O)COC(=O)CNC(=O)c1ccc(-c2ccccc2)cc1. The number of ether oxygens (including phenoxy) is 2. The van der Waals surface area contributed by atoms with Crippen molar-refractivity contribution in [2.24, 2.45) is 0 Å². The molecule has 0 saturated heterocycles. The summed E-state index contributed by atoms with van der Waals surface area (Å²) in [5, 5.41) is 2.47. The van der Waals surface area contributed by atoms with Gasteiger partial charge in [0.2, 0.25) is 0 Å². The lowest BCUT2D eigenvalue weighted by Gasteiger charge is -2.07. The van der Waals surface area contributed by atoms with Gasteiger partial charge in [-0.3, -0.25) is 9.59 Å². The molecule has 6 heteroatoms. The largest absolute Gasteiger partial charge is 0.463 e. The number of hydrogen-bond donors (Lipinski definition) is 1. The zero-order valence-corrected chi connectivity index (χ0v) is 15.3. The summed E-state index contributed by atoms with van der Waals surface area (Å²) in [4.78, 5) is 35.1. The van der Waals surface area contributed by atoms with Crippen molar-refractivity contribution in [3.05, 3.63) is 60.2 Å². The number of rotatable bonds is 9. The third-order valence-corrected chi connectivity index (χ3v) is 3.76. The van der Waals surface area contributed by atoms with E-state index in [0.29, 0.717) is 12.2 Å². The van der Waals surface area contributed by atoms with Crippen LogP contribution in [0.25, 0.3) is 11.1 Å². The van der Waals surface area contributed by atoms with Crippen molar-refractivity contribution in [2.45, 2.75) is 19.8 Å². The van der Waals surface area contributed by atoms with Crippen molar-refractivity contribution in [2.75, 3.05) is 19.8 Å². The van der Waals surface area contributed by atoms with Gasteiger partial charge in [0.15, 0.2) is 6.61 Å². The van der Waals surface area contributed by atoms with E-state index in [0.717, 1.165) is 24.0 Å². The fourth-order valence-corrected chi connectivity index (χ4v) is 2.26. The van der Waals surface area contributed by atoms with E-state index < -0.39 is 24.5 Å². The summed E-state index contributed by atoms with van der Waals surface area (Å²) in [6.45, 7) is 1.51. The van der Waals surface area contributed by atoms with Crippen LogP contribution in [0.4, 0.5) is 0 Å². The molecular formula is C21H23NO5. The third kappa shape index (κ3) is 6.93. The molecule has 2 aromatic carbocycles. The van der Waals surface area contributed by atoms with Crippen LogP contribution in [-0.2, 0) is 19.1 Å². The van der Waals surface area contributed by atoms with Crippen LogP contribution in [0.2, 0.25) is 0 Å². The van der Waals surface area contributed by atoms with Crippen molar-refractivity contribution in [3.8, 4) is 11.1 Å². The number of carbonyl (C=O) groups is 3. The number of hydrogen-bond acceptors (Lipinski definition) is 5. The molecule has 0 radical (unpaired) electrons. The van der Waals surface area contributed by atoms with Gasteiger partial charge in [-0.1, -0.05) is 55.8 Å². The molecule has 0 aliphatic heterocycles. The standard InChI is InChI=1S/C21H23NO5/c1-2-3-13-26-20(24)15-27-19(23)14-22-21(25)18-11-9-17(10-12-18)16-7-5-4-6-8-16/h4-12H,2-3,13-15H2,1H3,(H,22,25). The van der Waals surface area contributed by atoms with E-state index in [1.165, 1.54) is 0 Å². The highest BCUT2D eigenvalue weighted by Gasteiger charge is 2.11. The van der Waals surface area contributed by atoms with Crippen molar-refractivity contribution in [1.29, 1.82) is 0 Å². The minimum Gasteiger partial charge on any atom is -0.463 e. The number of amides is 1. The molecule has 0 heterocycles. The van der Waals surface area contributed by atoms with Gasteiger partial charge in [-0.15, -0.1) is 0 Å². The molecule has 0 aliphatic rings. The first-order chi connectivity index (χ1) is 13.1. The Morgan fingerprint density at radius 2 is 1.52 bits per heavy atom. The summed E-state index contributed by atoms with van der Waals surface area (Å²) in [5.74, 6) is -1.69. The molecule has 0 spiro atoms. The molecule has 1 N–H and O–H groups in total. The third-order valence-electron chi connectivity index (χ3n) is 3.76. The maximum Gasteiger partial charge on any atom is 0.344 e.